The van der Waals surface area contributed by atoms with E-state index in [9.17, 15) is 25.1 Å². The van der Waals surface area contributed by atoms with Gasteiger partial charge in [-0.2, -0.15) is 5.26 Å². The van der Waals surface area contributed by atoms with E-state index in [1.165, 1.54) is 6.92 Å². The number of methoxy groups -OCH3 is 1. The molecule has 6 atom stereocenters. The molecule has 1 aromatic carbocycles. The number of carbonyl (C=O) groups excluding carboxylic acids is 1. The second-order valence-electron chi connectivity index (χ2n) is 8.28. The fourth-order valence-corrected chi connectivity index (χ4v) is 5.85. The number of carbonyl (C=O) groups is 2. The number of benzene rings is 1. The smallest absolute Gasteiger partial charge is 0.308 e. The Morgan fingerprint density at radius 3 is 2.67 bits per heavy atom. The van der Waals surface area contributed by atoms with Crippen molar-refractivity contribution in [3.8, 4) is 11.8 Å². The predicted molar refractivity (Wildman–Crippen MR) is 107 cm³/mol. The van der Waals surface area contributed by atoms with E-state index < -0.39 is 24.0 Å². The first-order chi connectivity index (χ1) is 14.3. The number of hydrogen-bond donors (Lipinski definition) is 3. The summed E-state index contributed by atoms with van der Waals surface area (Å²) in [6.45, 7) is 1.18. The van der Waals surface area contributed by atoms with Crippen molar-refractivity contribution in [1.29, 1.82) is 5.26 Å². The first-order valence-corrected chi connectivity index (χ1v) is 10.0. The molecular weight excluding hydrogens is 388 g/mol. The topological polar surface area (TPSA) is 126 Å². The molecule has 0 saturated carbocycles. The molecule has 3 heterocycles. The van der Waals surface area contributed by atoms with Crippen LogP contribution in [-0.2, 0) is 16.0 Å². The zero-order valence-corrected chi connectivity index (χ0v) is 17.2. The number of anilines is 1. The number of aliphatic hydroxyl groups excluding tert-OH is 1. The van der Waals surface area contributed by atoms with E-state index in [2.05, 4.69) is 11.4 Å². The lowest BCUT2D eigenvalue weighted by molar-refractivity contribution is -0.144. The number of piperazine rings is 1. The fraction of sp³-hybridized carbons (Fsp3) is 0.571. The van der Waals surface area contributed by atoms with Gasteiger partial charge in [-0.05, 0) is 37.6 Å². The van der Waals surface area contributed by atoms with E-state index >= 15 is 0 Å². The van der Waals surface area contributed by atoms with Crippen molar-refractivity contribution in [2.45, 2.75) is 50.0 Å². The molecule has 1 amide bonds. The van der Waals surface area contributed by atoms with Gasteiger partial charge in [0.1, 0.15) is 11.8 Å². The third kappa shape index (κ3) is 2.87. The Morgan fingerprint density at radius 1 is 1.37 bits per heavy atom. The first kappa shape index (κ1) is 20.6. The summed E-state index contributed by atoms with van der Waals surface area (Å²) in [4.78, 5) is 27.8. The lowest BCUT2D eigenvalue weighted by atomic mass is 9.79. The standard InChI is InChI=1S/C21H26N4O5/c1-10(27)23-13-4-5-18(30-3)19-11(13)6-15-20-12(21(28)29)7-14(24(20)2)16(8-22)25(15)17(19)9-26/h4-5,12,14-17,20,26H,6-7,9H2,1-3H3,(H,23,27)(H,28,29)/t12-,14+,15+,16?,17+,20-/m1/s1. The average molecular weight is 414 g/mol. The normalized spacial score (nSPS) is 32.6. The largest absolute Gasteiger partial charge is 0.496 e. The molecule has 3 N–H and O–H groups in total. The summed E-state index contributed by atoms with van der Waals surface area (Å²) in [5, 5.41) is 33.1. The van der Waals surface area contributed by atoms with Crippen LogP contribution in [0.1, 0.15) is 30.5 Å². The monoisotopic (exact) mass is 414 g/mol. The molecular formula is C21H26N4O5. The Bertz CT molecular complexity index is 929. The molecule has 4 rings (SSSR count). The molecule has 9 heteroatoms. The highest BCUT2D eigenvalue weighted by atomic mass is 16.5. The third-order valence-corrected chi connectivity index (χ3v) is 6.94. The van der Waals surface area contributed by atoms with Crippen molar-refractivity contribution in [3.63, 3.8) is 0 Å². The van der Waals surface area contributed by atoms with Gasteiger partial charge in [-0.3, -0.25) is 19.4 Å². The van der Waals surface area contributed by atoms with Gasteiger partial charge in [0, 0.05) is 36.3 Å². The molecule has 2 saturated heterocycles. The maximum Gasteiger partial charge on any atom is 0.308 e. The van der Waals surface area contributed by atoms with Crippen LogP contribution in [0.15, 0.2) is 12.1 Å². The number of hydrogen-bond acceptors (Lipinski definition) is 7. The highest BCUT2D eigenvalue weighted by Gasteiger charge is 2.60. The minimum atomic E-state index is -0.869. The molecule has 0 spiro atoms. The maximum absolute atomic E-state index is 12.0. The van der Waals surface area contributed by atoms with Crippen molar-refractivity contribution in [3.05, 3.63) is 23.3 Å². The zero-order valence-electron chi connectivity index (χ0n) is 17.2. The van der Waals surface area contributed by atoms with Crippen LogP contribution in [0.25, 0.3) is 0 Å². The molecule has 1 unspecified atom stereocenters. The van der Waals surface area contributed by atoms with Gasteiger partial charge in [-0.25, -0.2) is 0 Å². The second kappa shape index (κ2) is 7.54. The summed E-state index contributed by atoms with van der Waals surface area (Å²) in [6.07, 6.45) is 0.842. The van der Waals surface area contributed by atoms with E-state index in [1.54, 1.807) is 19.2 Å². The predicted octanol–water partition coefficient (Wildman–Crippen LogP) is 0.593. The van der Waals surface area contributed by atoms with Crippen molar-refractivity contribution < 1.29 is 24.5 Å². The molecule has 1 aromatic rings. The number of carboxylic acids is 1. The molecule has 2 bridgehead atoms. The van der Waals surface area contributed by atoms with Crippen LogP contribution in [0.3, 0.4) is 0 Å². The molecule has 2 fully saturated rings. The number of nitrogens with one attached hydrogen (secondary N) is 1. The number of amides is 1. The summed E-state index contributed by atoms with van der Waals surface area (Å²) in [6, 6.07) is 3.99. The highest BCUT2D eigenvalue weighted by molar-refractivity contribution is 5.90. The van der Waals surface area contributed by atoms with Gasteiger partial charge in [0.2, 0.25) is 5.91 Å². The number of rotatable bonds is 4. The van der Waals surface area contributed by atoms with Gasteiger partial charge in [0.05, 0.1) is 31.7 Å². The number of aliphatic hydroxyl groups is 1. The zero-order chi connectivity index (χ0) is 21.7. The molecule has 3 aliphatic heterocycles. The van der Waals surface area contributed by atoms with Crippen LogP contribution in [0.2, 0.25) is 0 Å². The van der Waals surface area contributed by atoms with Crippen LogP contribution in [0.4, 0.5) is 5.69 Å². The summed E-state index contributed by atoms with van der Waals surface area (Å²) >= 11 is 0. The summed E-state index contributed by atoms with van der Waals surface area (Å²) in [5.74, 6) is -1.10. The van der Waals surface area contributed by atoms with Gasteiger partial charge in [0.15, 0.2) is 0 Å². The number of ether oxygens (including phenoxy) is 1. The fourth-order valence-electron chi connectivity index (χ4n) is 5.85. The van der Waals surface area contributed by atoms with Crippen molar-refractivity contribution in [2.75, 3.05) is 26.1 Å². The minimum Gasteiger partial charge on any atom is -0.496 e. The van der Waals surface area contributed by atoms with E-state index in [-0.39, 0.29) is 30.6 Å². The average Bonchev–Trinajstić information content (AvgIpc) is 2.96. The summed E-state index contributed by atoms with van der Waals surface area (Å²) in [7, 11) is 3.42. The first-order valence-electron chi connectivity index (χ1n) is 10.0. The molecule has 30 heavy (non-hydrogen) atoms. The SMILES string of the molecule is COc1ccc(NC(C)=O)c2c1[C@H](CO)N1C(C#N)[C@@H]3C[C@@H](C(=O)O)[C@H]([C@@H]1C2)N3C. The second-order valence-corrected chi connectivity index (χ2v) is 8.28. The number of carboxylic acid groups (broad SMARTS) is 1. The van der Waals surface area contributed by atoms with E-state index in [4.69, 9.17) is 4.74 Å². The van der Waals surface area contributed by atoms with Gasteiger partial charge in [-0.15, -0.1) is 0 Å². The van der Waals surface area contributed by atoms with Crippen molar-refractivity contribution in [1.82, 2.24) is 9.80 Å². The van der Waals surface area contributed by atoms with Crippen LogP contribution in [0, 0.1) is 17.2 Å². The highest BCUT2D eigenvalue weighted by Crippen LogP contribution is 2.50. The number of nitrogens with zero attached hydrogens (tertiary/aromatic N) is 3. The van der Waals surface area contributed by atoms with Crippen molar-refractivity contribution >= 4 is 17.6 Å². The number of nitriles is 1. The Morgan fingerprint density at radius 2 is 2.10 bits per heavy atom. The van der Waals surface area contributed by atoms with E-state index in [0.29, 0.717) is 24.3 Å². The van der Waals surface area contributed by atoms with Crippen LogP contribution >= 0.6 is 0 Å². The quantitative estimate of drug-likeness (QED) is 0.654. The Kier molecular flexibility index (Phi) is 5.18. The van der Waals surface area contributed by atoms with Gasteiger partial charge in [0.25, 0.3) is 0 Å². The number of aliphatic carboxylic acids is 1. The molecule has 0 aromatic heterocycles. The molecule has 160 valence electrons. The summed E-state index contributed by atoms with van der Waals surface area (Å²) < 4.78 is 5.57. The lowest BCUT2D eigenvalue weighted by Crippen LogP contribution is -2.67. The van der Waals surface area contributed by atoms with Crippen molar-refractivity contribution in [2.24, 2.45) is 5.92 Å². The Balaban J connectivity index is 1.91. The molecule has 0 radical (unpaired) electrons. The summed E-state index contributed by atoms with van der Waals surface area (Å²) in [5.41, 5.74) is 2.20. The van der Waals surface area contributed by atoms with Gasteiger partial charge in [-0.1, -0.05) is 0 Å². The minimum absolute atomic E-state index is 0.217. The van der Waals surface area contributed by atoms with Crippen LogP contribution in [-0.4, -0.2) is 76.8 Å². The Hall–Kier alpha value is -2.67. The molecule has 9 nitrogen and oxygen atoms in total. The van der Waals surface area contributed by atoms with E-state index in [0.717, 1.165) is 11.1 Å². The maximum atomic E-state index is 12.0. The number of fused-ring (bicyclic) bond motifs is 5. The van der Waals surface area contributed by atoms with Crippen LogP contribution < -0.4 is 10.1 Å². The Labute approximate surface area is 174 Å². The van der Waals surface area contributed by atoms with Gasteiger partial charge >= 0.3 is 5.97 Å². The molecule has 3 aliphatic rings. The van der Waals surface area contributed by atoms with Gasteiger partial charge < -0.3 is 20.3 Å². The van der Waals surface area contributed by atoms with E-state index in [1.807, 2.05) is 16.8 Å². The number of likely N-dealkylation sites (N-methyl/N-ethyl adjacent to an activating group) is 1. The third-order valence-electron chi connectivity index (χ3n) is 6.94. The molecule has 0 aliphatic carbocycles. The lowest BCUT2D eigenvalue weighted by Gasteiger charge is -2.54. The van der Waals surface area contributed by atoms with Crippen LogP contribution in [0.5, 0.6) is 5.75 Å².